The van der Waals surface area contributed by atoms with Crippen molar-refractivity contribution in [3.05, 3.63) is 75.3 Å². The predicted molar refractivity (Wildman–Crippen MR) is 110 cm³/mol. The predicted octanol–water partition coefficient (Wildman–Crippen LogP) is 3.44. The van der Waals surface area contributed by atoms with Crippen LogP contribution in [0.25, 0.3) is 0 Å². The SMILES string of the molecule is CC(OC(=O)CNC(=O)c1cccc([N+](=O)[O-])c1)C(=O)c1ccc(C(C)(C)C)cc1. The van der Waals surface area contributed by atoms with Crippen LogP contribution in [0, 0.1) is 10.1 Å². The average Bonchev–Trinajstić information content (AvgIpc) is 2.70. The number of ketones is 1. The lowest BCUT2D eigenvalue weighted by atomic mass is 9.86. The molecule has 0 fully saturated rings. The minimum atomic E-state index is -1.02. The Bertz CT molecular complexity index is 960. The second kappa shape index (κ2) is 9.30. The number of carbonyl (C=O) groups excluding carboxylic acids is 3. The molecule has 0 bridgehead atoms. The van der Waals surface area contributed by atoms with Crippen LogP contribution < -0.4 is 5.32 Å². The molecule has 0 saturated heterocycles. The summed E-state index contributed by atoms with van der Waals surface area (Å²) in [4.78, 5) is 46.7. The van der Waals surface area contributed by atoms with Crippen molar-refractivity contribution >= 4 is 23.3 Å². The molecule has 1 atom stereocenters. The van der Waals surface area contributed by atoms with Gasteiger partial charge in [-0.05, 0) is 24.0 Å². The zero-order valence-corrected chi connectivity index (χ0v) is 17.3. The van der Waals surface area contributed by atoms with Crippen molar-refractivity contribution in [3.8, 4) is 0 Å². The topological polar surface area (TPSA) is 116 Å². The average molecular weight is 412 g/mol. The van der Waals surface area contributed by atoms with Crippen molar-refractivity contribution in [1.82, 2.24) is 5.32 Å². The first kappa shape index (κ1) is 22.7. The van der Waals surface area contributed by atoms with Crippen molar-refractivity contribution in [3.63, 3.8) is 0 Å². The quantitative estimate of drug-likeness (QED) is 0.322. The minimum Gasteiger partial charge on any atom is -0.453 e. The van der Waals surface area contributed by atoms with E-state index in [1.807, 2.05) is 12.1 Å². The fraction of sp³-hybridized carbons (Fsp3) is 0.318. The van der Waals surface area contributed by atoms with Crippen LogP contribution in [0.1, 0.15) is 54.0 Å². The Balaban J connectivity index is 1.91. The summed E-state index contributed by atoms with van der Waals surface area (Å²) in [5.74, 6) is -1.80. The summed E-state index contributed by atoms with van der Waals surface area (Å²) in [6, 6.07) is 12.2. The highest BCUT2D eigenvalue weighted by Gasteiger charge is 2.21. The molecule has 0 aliphatic rings. The van der Waals surface area contributed by atoms with Crippen LogP contribution in [-0.4, -0.2) is 35.2 Å². The van der Waals surface area contributed by atoms with Gasteiger partial charge in [0.1, 0.15) is 6.54 Å². The molecule has 2 rings (SSSR count). The number of amides is 1. The lowest BCUT2D eigenvalue weighted by molar-refractivity contribution is -0.384. The van der Waals surface area contributed by atoms with Crippen LogP contribution in [-0.2, 0) is 14.9 Å². The molecule has 0 saturated carbocycles. The van der Waals surface area contributed by atoms with E-state index in [0.717, 1.165) is 11.6 Å². The molecule has 0 aliphatic heterocycles. The Kier molecular flexibility index (Phi) is 7.05. The van der Waals surface area contributed by atoms with E-state index in [1.165, 1.54) is 25.1 Å². The highest BCUT2D eigenvalue weighted by molar-refractivity contribution is 6.00. The minimum absolute atomic E-state index is 0.0417. The molecule has 30 heavy (non-hydrogen) atoms. The molecule has 2 aromatic rings. The van der Waals surface area contributed by atoms with Crippen molar-refractivity contribution in [2.45, 2.75) is 39.2 Å². The number of Topliss-reactive ketones (excluding diaryl/α,β-unsaturated/α-hetero) is 1. The van der Waals surface area contributed by atoms with E-state index >= 15 is 0 Å². The summed E-state index contributed by atoms with van der Waals surface area (Å²) in [6.07, 6.45) is -1.02. The van der Waals surface area contributed by atoms with Crippen LogP contribution in [0.5, 0.6) is 0 Å². The number of non-ortho nitro benzene ring substituents is 1. The van der Waals surface area contributed by atoms with Gasteiger partial charge >= 0.3 is 5.97 Å². The Hall–Kier alpha value is -3.55. The standard InChI is InChI=1S/C22H24N2O6/c1-14(20(26)15-8-10-17(11-9-15)22(2,3)4)30-19(25)13-23-21(27)16-6-5-7-18(12-16)24(28)29/h5-12,14H,13H2,1-4H3,(H,23,27). The molecule has 8 nitrogen and oxygen atoms in total. The third-order valence-corrected chi connectivity index (χ3v) is 4.43. The molecule has 0 aromatic heterocycles. The number of nitrogens with zero attached hydrogens (tertiary/aromatic N) is 1. The molecule has 0 radical (unpaired) electrons. The summed E-state index contributed by atoms with van der Waals surface area (Å²) in [5, 5.41) is 13.1. The second-order valence-corrected chi connectivity index (χ2v) is 7.81. The number of carbonyl (C=O) groups is 3. The zero-order valence-electron chi connectivity index (χ0n) is 17.3. The van der Waals surface area contributed by atoms with Gasteiger partial charge in [0, 0.05) is 23.3 Å². The number of ether oxygens (including phenoxy) is 1. The van der Waals surface area contributed by atoms with Gasteiger partial charge in [-0.1, -0.05) is 51.1 Å². The van der Waals surface area contributed by atoms with Gasteiger partial charge in [0.2, 0.25) is 5.78 Å². The number of hydrogen-bond acceptors (Lipinski definition) is 6. The van der Waals surface area contributed by atoms with E-state index in [9.17, 15) is 24.5 Å². The van der Waals surface area contributed by atoms with Gasteiger partial charge in [0.05, 0.1) is 4.92 Å². The molecule has 1 unspecified atom stereocenters. The Labute approximate surface area is 174 Å². The highest BCUT2D eigenvalue weighted by atomic mass is 16.6. The second-order valence-electron chi connectivity index (χ2n) is 7.81. The van der Waals surface area contributed by atoms with Crippen LogP contribution in [0.4, 0.5) is 5.69 Å². The number of benzene rings is 2. The Morgan fingerprint density at radius 2 is 1.70 bits per heavy atom. The summed E-state index contributed by atoms with van der Waals surface area (Å²) in [5.41, 5.74) is 1.26. The van der Waals surface area contributed by atoms with E-state index in [4.69, 9.17) is 4.74 Å². The number of nitro groups is 1. The normalized spacial score (nSPS) is 12.0. The van der Waals surface area contributed by atoms with Gasteiger partial charge in [0.15, 0.2) is 6.10 Å². The summed E-state index contributed by atoms with van der Waals surface area (Å²) >= 11 is 0. The Morgan fingerprint density at radius 1 is 1.07 bits per heavy atom. The van der Waals surface area contributed by atoms with E-state index < -0.39 is 29.4 Å². The molecule has 0 heterocycles. The van der Waals surface area contributed by atoms with E-state index in [-0.39, 0.29) is 22.4 Å². The zero-order chi connectivity index (χ0) is 22.5. The Morgan fingerprint density at radius 3 is 2.27 bits per heavy atom. The summed E-state index contributed by atoms with van der Waals surface area (Å²) < 4.78 is 5.10. The fourth-order valence-electron chi connectivity index (χ4n) is 2.68. The van der Waals surface area contributed by atoms with Crippen molar-refractivity contribution < 1.29 is 24.0 Å². The maximum absolute atomic E-state index is 12.5. The number of nitrogens with one attached hydrogen (secondary N) is 1. The molecule has 0 aliphatic carbocycles. The lowest BCUT2D eigenvalue weighted by Crippen LogP contribution is -2.34. The third-order valence-electron chi connectivity index (χ3n) is 4.43. The van der Waals surface area contributed by atoms with Crippen molar-refractivity contribution in [2.24, 2.45) is 0 Å². The first-order valence-corrected chi connectivity index (χ1v) is 9.36. The smallest absolute Gasteiger partial charge is 0.326 e. The molecular weight excluding hydrogens is 388 g/mol. The van der Waals surface area contributed by atoms with Gasteiger partial charge in [-0.25, -0.2) is 0 Å². The lowest BCUT2D eigenvalue weighted by Gasteiger charge is -2.19. The fourth-order valence-corrected chi connectivity index (χ4v) is 2.68. The monoisotopic (exact) mass is 412 g/mol. The van der Waals surface area contributed by atoms with Crippen LogP contribution in [0.2, 0.25) is 0 Å². The van der Waals surface area contributed by atoms with Gasteiger partial charge < -0.3 is 10.1 Å². The van der Waals surface area contributed by atoms with Crippen molar-refractivity contribution in [1.29, 1.82) is 0 Å². The molecule has 158 valence electrons. The van der Waals surface area contributed by atoms with E-state index in [2.05, 4.69) is 26.1 Å². The van der Waals surface area contributed by atoms with E-state index in [0.29, 0.717) is 5.56 Å². The van der Waals surface area contributed by atoms with Gasteiger partial charge in [0.25, 0.3) is 11.6 Å². The molecule has 0 spiro atoms. The maximum atomic E-state index is 12.5. The largest absolute Gasteiger partial charge is 0.453 e. The summed E-state index contributed by atoms with van der Waals surface area (Å²) in [7, 11) is 0. The van der Waals surface area contributed by atoms with Crippen LogP contribution in [0.3, 0.4) is 0 Å². The number of nitro benzene ring substituents is 1. The molecule has 1 amide bonds. The number of esters is 1. The third kappa shape index (κ3) is 5.97. The number of hydrogen-bond donors (Lipinski definition) is 1. The number of rotatable bonds is 7. The first-order chi connectivity index (χ1) is 14.0. The van der Waals surface area contributed by atoms with Gasteiger partial charge in [-0.3, -0.25) is 24.5 Å². The molecule has 1 N–H and O–H groups in total. The highest BCUT2D eigenvalue weighted by Crippen LogP contribution is 2.22. The van der Waals surface area contributed by atoms with Crippen LogP contribution >= 0.6 is 0 Å². The van der Waals surface area contributed by atoms with Crippen LogP contribution in [0.15, 0.2) is 48.5 Å². The molecule has 8 heteroatoms. The van der Waals surface area contributed by atoms with Gasteiger partial charge in [-0.2, -0.15) is 0 Å². The van der Waals surface area contributed by atoms with Crippen molar-refractivity contribution in [2.75, 3.05) is 6.54 Å². The van der Waals surface area contributed by atoms with Gasteiger partial charge in [-0.15, -0.1) is 0 Å². The first-order valence-electron chi connectivity index (χ1n) is 9.36. The molecular formula is C22H24N2O6. The van der Waals surface area contributed by atoms with E-state index in [1.54, 1.807) is 12.1 Å². The maximum Gasteiger partial charge on any atom is 0.326 e. The summed E-state index contributed by atoms with van der Waals surface area (Å²) in [6.45, 7) is 7.19. The molecule has 2 aromatic carbocycles.